The van der Waals surface area contributed by atoms with Gasteiger partial charge in [0.05, 0.1) is 10.0 Å². The first kappa shape index (κ1) is 14.6. The summed E-state index contributed by atoms with van der Waals surface area (Å²) in [6.07, 6.45) is 0.831. The summed E-state index contributed by atoms with van der Waals surface area (Å²) in [5.41, 5.74) is 0.101. The monoisotopic (exact) mass is 365 g/mol. The van der Waals surface area contributed by atoms with Crippen molar-refractivity contribution in [1.29, 1.82) is 0 Å². The van der Waals surface area contributed by atoms with Gasteiger partial charge >= 0.3 is 0 Å². The van der Waals surface area contributed by atoms with Crippen molar-refractivity contribution in [1.82, 2.24) is 4.90 Å². The van der Waals surface area contributed by atoms with E-state index in [2.05, 4.69) is 31.9 Å². The van der Waals surface area contributed by atoms with E-state index in [0.29, 0.717) is 15.8 Å². The van der Waals surface area contributed by atoms with Gasteiger partial charge in [-0.2, -0.15) is 0 Å². The third-order valence-electron chi connectivity index (χ3n) is 2.39. The Balaban J connectivity index is 2.78. The van der Waals surface area contributed by atoms with Gasteiger partial charge in [0.25, 0.3) is 5.91 Å². The normalized spacial score (nSPS) is 12.3. The summed E-state index contributed by atoms with van der Waals surface area (Å²) >= 11 is 6.49. The molecule has 1 amide bonds. The minimum Gasteiger partial charge on any atom is -0.342 e. The van der Waals surface area contributed by atoms with Crippen molar-refractivity contribution in [3.63, 3.8) is 0 Å². The molecule has 1 unspecified atom stereocenters. The van der Waals surface area contributed by atoms with Gasteiger partial charge < -0.3 is 4.90 Å². The van der Waals surface area contributed by atoms with E-state index in [9.17, 15) is 9.18 Å². The minimum absolute atomic E-state index is 0.101. The Morgan fingerprint density at radius 3 is 2.76 bits per heavy atom. The van der Waals surface area contributed by atoms with Crippen molar-refractivity contribution < 1.29 is 9.18 Å². The highest BCUT2D eigenvalue weighted by atomic mass is 79.9. The lowest BCUT2D eigenvalue weighted by Crippen LogP contribution is -2.29. The maximum atomic E-state index is 13.7. The molecule has 1 aromatic rings. The van der Waals surface area contributed by atoms with Gasteiger partial charge in [-0.05, 0) is 34.5 Å². The lowest BCUT2D eigenvalue weighted by molar-refractivity contribution is 0.0789. The number of hydrogen-bond donors (Lipinski definition) is 0. The van der Waals surface area contributed by atoms with E-state index in [1.165, 1.54) is 11.0 Å². The number of carbonyl (C=O) groups excluding carboxylic acids is 1. The zero-order valence-electron chi connectivity index (χ0n) is 9.71. The molecular formula is C12H14Br2FNO. The second kappa shape index (κ2) is 6.50. The summed E-state index contributed by atoms with van der Waals surface area (Å²) in [6, 6.07) is 4.73. The standard InChI is InChI=1S/C12H14Br2FNO/c1-8(13)6-7-16(2)12(17)9-4-3-5-10(14)11(9)15/h3-5,8H,6-7H2,1-2H3. The maximum Gasteiger partial charge on any atom is 0.256 e. The van der Waals surface area contributed by atoms with Crippen LogP contribution in [0.2, 0.25) is 0 Å². The van der Waals surface area contributed by atoms with Crippen molar-refractivity contribution in [2.75, 3.05) is 13.6 Å². The summed E-state index contributed by atoms with van der Waals surface area (Å²) < 4.78 is 14.0. The molecule has 0 heterocycles. The number of halogens is 3. The van der Waals surface area contributed by atoms with Crippen molar-refractivity contribution in [2.24, 2.45) is 0 Å². The first-order valence-corrected chi connectivity index (χ1v) is 6.98. The number of nitrogens with zero attached hydrogens (tertiary/aromatic N) is 1. The summed E-state index contributed by atoms with van der Waals surface area (Å²) in [5.74, 6) is -0.798. The molecule has 0 aromatic heterocycles. The van der Waals surface area contributed by atoms with Crippen molar-refractivity contribution in [3.05, 3.63) is 34.1 Å². The van der Waals surface area contributed by atoms with E-state index in [0.717, 1.165) is 6.42 Å². The Morgan fingerprint density at radius 1 is 1.53 bits per heavy atom. The molecule has 2 nitrogen and oxygen atoms in total. The number of rotatable bonds is 4. The van der Waals surface area contributed by atoms with Crippen molar-refractivity contribution in [3.8, 4) is 0 Å². The van der Waals surface area contributed by atoms with Crippen LogP contribution in [0.5, 0.6) is 0 Å². The molecule has 0 aliphatic carbocycles. The molecular weight excluding hydrogens is 353 g/mol. The highest BCUT2D eigenvalue weighted by molar-refractivity contribution is 9.10. The van der Waals surface area contributed by atoms with Gasteiger partial charge in [0.2, 0.25) is 0 Å². The molecule has 0 radical (unpaired) electrons. The molecule has 0 bridgehead atoms. The first-order chi connectivity index (χ1) is 7.93. The Kier molecular flexibility index (Phi) is 5.59. The van der Waals surface area contributed by atoms with Crippen LogP contribution >= 0.6 is 31.9 Å². The Labute approximate surface area is 117 Å². The third kappa shape index (κ3) is 4.07. The third-order valence-corrected chi connectivity index (χ3v) is 3.46. The van der Waals surface area contributed by atoms with Crippen molar-refractivity contribution >= 4 is 37.8 Å². The second-order valence-electron chi connectivity index (χ2n) is 3.90. The SMILES string of the molecule is CC(Br)CCN(C)C(=O)c1cccc(Br)c1F. The predicted molar refractivity (Wildman–Crippen MR) is 74.1 cm³/mol. The van der Waals surface area contributed by atoms with Crippen LogP contribution in [0.1, 0.15) is 23.7 Å². The molecule has 94 valence electrons. The van der Waals surface area contributed by atoms with Gasteiger partial charge in [0.1, 0.15) is 5.82 Å². The van der Waals surface area contributed by atoms with Gasteiger partial charge in [0.15, 0.2) is 0 Å². The van der Waals surface area contributed by atoms with E-state index >= 15 is 0 Å². The topological polar surface area (TPSA) is 20.3 Å². The van der Waals surface area contributed by atoms with Gasteiger partial charge in [-0.25, -0.2) is 4.39 Å². The van der Waals surface area contributed by atoms with Crippen LogP contribution < -0.4 is 0 Å². The molecule has 0 saturated carbocycles. The average molecular weight is 367 g/mol. The van der Waals surface area contributed by atoms with Crippen LogP contribution in [-0.4, -0.2) is 29.2 Å². The van der Waals surface area contributed by atoms with Crippen LogP contribution in [0.25, 0.3) is 0 Å². The molecule has 17 heavy (non-hydrogen) atoms. The Hall–Kier alpha value is -0.420. The fourth-order valence-corrected chi connectivity index (χ4v) is 1.92. The van der Waals surface area contributed by atoms with E-state index in [1.807, 2.05) is 6.92 Å². The lowest BCUT2D eigenvalue weighted by atomic mass is 10.2. The molecule has 5 heteroatoms. The van der Waals surface area contributed by atoms with E-state index in [1.54, 1.807) is 19.2 Å². The molecule has 0 aliphatic heterocycles. The minimum atomic E-state index is -0.503. The summed E-state index contributed by atoms with van der Waals surface area (Å²) in [7, 11) is 1.68. The summed E-state index contributed by atoms with van der Waals surface area (Å²) in [5, 5.41) is 0. The van der Waals surface area contributed by atoms with E-state index in [-0.39, 0.29) is 11.5 Å². The molecule has 0 spiro atoms. The van der Waals surface area contributed by atoms with Gasteiger partial charge in [0, 0.05) is 18.4 Å². The fourth-order valence-electron chi connectivity index (χ4n) is 1.35. The van der Waals surface area contributed by atoms with Crippen LogP contribution in [0.4, 0.5) is 4.39 Å². The second-order valence-corrected chi connectivity index (χ2v) is 6.32. The lowest BCUT2D eigenvalue weighted by Gasteiger charge is -2.18. The zero-order chi connectivity index (χ0) is 13.0. The molecule has 1 atom stereocenters. The molecule has 1 rings (SSSR count). The van der Waals surface area contributed by atoms with Crippen LogP contribution in [0.15, 0.2) is 22.7 Å². The molecule has 0 saturated heterocycles. The highest BCUT2D eigenvalue weighted by Crippen LogP contribution is 2.19. The number of alkyl halides is 1. The number of hydrogen-bond acceptors (Lipinski definition) is 1. The van der Waals surface area contributed by atoms with Crippen LogP contribution in [0, 0.1) is 5.82 Å². The number of amides is 1. The predicted octanol–water partition coefficient (Wildman–Crippen LogP) is 3.83. The van der Waals surface area contributed by atoms with E-state index < -0.39 is 5.82 Å². The molecule has 0 aliphatic rings. The molecule has 0 fully saturated rings. The fraction of sp³-hybridized carbons (Fsp3) is 0.417. The number of benzene rings is 1. The van der Waals surface area contributed by atoms with Crippen molar-refractivity contribution in [2.45, 2.75) is 18.2 Å². The zero-order valence-corrected chi connectivity index (χ0v) is 12.9. The largest absolute Gasteiger partial charge is 0.342 e. The smallest absolute Gasteiger partial charge is 0.256 e. The summed E-state index contributed by atoms with van der Waals surface area (Å²) in [6.45, 7) is 2.61. The summed E-state index contributed by atoms with van der Waals surface area (Å²) in [4.78, 5) is 13.8. The van der Waals surface area contributed by atoms with Gasteiger partial charge in [-0.15, -0.1) is 0 Å². The van der Waals surface area contributed by atoms with Crippen LogP contribution in [-0.2, 0) is 0 Å². The average Bonchev–Trinajstić information content (AvgIpc) is 2.28. The van der Waals surface area contributed by atoms with E-state index in [4.69, 9.17) is 0 Å². The van der Waals surface area contributed by atoms with Gasteiger partial charge in [-0.3, -0.25) is 4.79 Å². The highest BCUT2D eigenvalue weighted by Gasteiger charge is 2.17. The maximum absolute atomic E-state index is 13.7. The number of carbonyl (C=O) groups is 1. The molecule has 1 aromatic carbocycles. The quantitative estimate of drug-likeness (QED) is 0.741. The Morgan fingerprint density at radius 2 is 2.18 bits per heavy atom. The van der Waals surface area contributed by atoms with Gasteiger partial charge in [-0.1, -0.05) is 28.9 Å². The Bertz CT molecular complexity index is 409. The van der Waals surface area contributed by atoms with Crippen LogP contribution in [0.3, 0.4) is 0 Å². The first-order valence-electron chi connectivity index (χ1n) is 5.27. The molecule has 0 N–H and O–H groups in total.